The summed E-state index contributed by atoms with van der Waals surface area (Å²) in [7, 11) is -3.38. The lowest BCUT2D eigenvalue weighted by Gasteiger charge is -2.05. The molecule has 0 heterocycles. The highest BCUT2D eigenvalue weighted by molar-refractivity contribution is 7.89. The molecule has 0 aliphatic heterocycles. The third-order valence-corrected chi connectivity index (χ3v) is 3.78. The van der Waals surface area contributed by atoms with Crippen LogP contribution >= 0.6 is 0 Å². The van der Waals surface area contributed by atoms with Gasteiger partial charge in [-0.3, -0.25) is 0 Å². The van der Waals surface area contributed by atoms with Crippen molar-refractivity contribution in [2.45, 2.75) is 32.1 Å². The Morgan fingerprint density at radius 2 is 1.89 bits per heavy atom. The van der Waals surface area contributed by atoms with Gasteiger partial charge < -0.3 is 0 Å². The zero-order chi connectivity index (χ0) is 13.6. The first-order valence-electron chi connectivity index (χ1n) is 5.86. The highest BCUT2D eigenvalue weighted by Gasteiger charge is 2.11. The van der Waals surface area contributed by atoms with Crippen LogP contribution in [0, 0.1) is 6.92 Å². The van der Waals surface area contributed by atoms with E-state index in [1.165, 1.54) is 0 Å². The van der Waals surface area contributed by atoms with Crippen molar-refractivity contribution >= 4 is 10.0 Å². The van der Waals surface area contributed by atoms with Crippen LogP contribution in [0.25, 0.3) is 0 Å². The van der Waals surface area contributed by atoms with Gasteiger partial charge in [-0.1, -0.05) is 17.7 Å². The second kappa shape index (κ2) is 6.55. The van der Waals surface area contributed by atoms with Crippen molar-refractivity contribution < 1.29 is 8.42 Å². The summed E-state index contributed by atoms with van der Waals surface area (Å²) in [6, 6.07) is 6.81. The molecule has 0 amide bonds. The van der Waals surface area contributed by atoms with E-state index in [1.807, 2.05) is 26.8 Å². The SMILES string of the molecule is CC(C)=C=CCCNS(=O)(=O)c1ccc(C)cc1. The second-order valence-electron chi connectivity index (χ2n) is 4.35. The first-order valence-corrected chi connectivity index (χ1v) is 7.35. The summed E-state index contributed by atoms with van der Waals surface area (Å²) in [5, 5.41) is 0. The van der Waals surface area contributed by atoms with Crippen molar-refractivity contribution in [3.8, 4) is 0 Å². The quantitative estimate of drug-likeness (QED) is 0.657. The average molecular weight is 265 g/mol. The summed E-state index contributed by atoms with van der Waals surface area (Å²) in [5.74, 6) is 0. The zero-order valence-electron chi connectivity index (χ0n) is 11.0. The number of nitrogens with one attached hydrogen (secondary N) is 1. The lowest BCUT2D eigenvalue weighted by atomic mass is 10.2. The van der Waals surface area contributed by atoms with Gasteiger partial charge in [0.1, 0.15) is 0 Å². The summed E-state index contributed by atoms with van der Waals surface area (Å²) in [6.45, 7) is 6.21. The van der Waals surface area contributed by atoms with Crippen LogP contribution in [-0.4, -0.2) is 15.0 Å². The number of benzene rings is 1. The Balaban J connectivity index is 2.61. The number of sulfonamides is 1. The molecule has 0 bridgehead atoms. The predicted octanol–water partition coefficient (Wildman–Crippen LogP) is 2.78. The Bertz CT molecular complexity index is 546. The normalized spacial score (nSPS) is 10.8. The first kappa shape index (κ1) is 14.7. The minimum absolute atomic E-state index is 0.305. The minimum Gasteiger partial charge on any atom is -0.211 e. The van der Waals surface area contributed by atoms with E-state index in [0.29, 0.717) is 17.9 Å². The summed E-state index contributed by atoms with van der Waals surface area (Å²) in [5.41, 5.74) is 5.16. The van der Waals surface area contributed by atoms with E-state index in [1.54, 1.807) is 24.3 Å². The van der Waals surface area contributed by atoms with Gasteiger partial charge in [-0.25, -0.2) is 13.1 Å². The van der Waals surface area contributed by atoms with Crippen LogP contribution in [0.4, 0.5) is 0 Å². The summed E-state index contributed by atoms with van der Waals surface area (Å²) < 4.78 is 26.3. The topological polar surface area (TPSA) is 46.2 Å². The molecule has 0 fully saturated rings. The molecule has 1 aromatic carbocycles. The summed E-state index contributed by atoms with van der Waals surface area (Å²) in [4.78, 5) is 0.305. The number of aryl methyl sites for hydroxylation is 1. The second-order valence-corrected chi connectivity index (χ2v) is 6.11. The monoisotopic (exact) mass is 265 g/mol. The Morgan fingerprint density at radius 1 is 1.28 bits per heavy atom. The maximum absolute atomic E-state index is 11.9. The lowest BCUT2D eigenvalue weighted by molar-refractivity contribution is 0.582. The fraction of sp³-hybridized carbons (Fsp3) is 0.357. The van der Waals surface area contributed by atoms with Crippen molar-refractivity contribution in [2.24, 2.45) is 0 Å². The molecule has 1 rings (SSSR count). The van der Waals surface area contributed by atoms with E-state index in [4.69, 9.17) is 0 Å². The van der Waals surface area contributed by atoms with Crippen molar-refractivity contribution in [1.82, 2.24) is 4.72 Å². The lowest BCUT2D eigenvalue weighted by Crippen LogP contribution is -2.24. The molecule has 18 heavy (non-hydrogen) atoms. The predicted molar refractivity (Wildman–Crippen MR) is 73.9 cm³/mol. The Labute approximate surface area is 109 Å². The molecule has 0 aromatic heterocycles. The van der Waals surface area contributed by atoms with Crippen molar-refractivity contribution in [3.63, 3.8) is 0 Å². The van der Waals surface area contributed by atoms with Crippen molar-refractivity contribution in [2.75, 3.05) is 6.54 Å². The molecular weight excluding hydrogens is 246 g/mol. The zero-order valence-corrected chi connectivity index (χ0v) is 11.8. The molecule has 0 atom stereocenters. The van der Waals surface area contributed by atoms with Crippen LogP contribution in [0.5, 0.6) is 0 Å². The molecule has 0 aliphatic carbocycles. The van der Waals surface area contributed by atoms with Gasteiger partial charge in [0.05, 0.1) is 4.90 Å². The molecule has 1 aromatic rings. The fourth-order valence-electron chi connectivity index (χ4n) is 1.34. The molecule has 1 N–H and O–H groups in total. The molecule has 0 radical (unpaired) electrons. The first-order chi connectivity index (χ1) is 8.42. The van der Waals surface area contributed by atoms with Gasteiger partial charge in [-0.2, -0.15) is 0 Å². The molecule has 4 heteroatoms. The number of rotatable bonds is 5. The van der Waals surface area contributed by atoms with Crippen molar-refractivity contribution in [3.05, 3.63) is 47.2 Å². The molecule has 0 spiro atoms. The smallest absolute Gasteiger partial charge is 0.211 e. The molecule has 98 valence electrons. The number of hydrogen-bond donors (Lipinski definition) is 1. The molecule has 3 nitrogen and oxygen atoms in total. The Morgan fingerprint density at radius 3 is 2.44 bits per heavy atom. The van der Waals surface area contributed by atoms with Crippen LogP contribution in [0.1, 0.15) is 25.8 Å². The van der Waals surface area contributed by atoms with Gasteiger partial charge in [0.15, 0.2) is 0 Å². The van der Waals surface area contributed by atoms with Gasteiger partial charge in [0.25, 0.3) is 0 Å². The number of hydrogen-bond acceptors (Lipinski definition) is 2. The third-order valence-electron chi connectivity index (χ3n) is 2.30. The standard InChI is InChI=1S/C14H19NO2S/c1-12(2)6-4-5-11-15-18(16,17)14-9-7-13(3)8-10-14/h4,7-10,15H,5,11H2,1-3H3. The fourth-order valence-corrected chi connectivity index (χ4v) is 2.39. The molecule has 0 unspecified atom stereocenters. The van der Waals surface area contributed by atoms with Gasteiger partial charge >= 0.3 is 0 Å². The van der Waals surface area contributed by atoms with Crippen LogP contribution in [0.15, 0.2) is 46.5 Å². The Hall–Kier alpha value is -1.35. The van der Waals surface area contributed by atoms with E-state index in [2.05, 4.69) is 10.5 Å². The van der Waals surface area contributed by atoms with Crippen LogP contribution in [0.3, 0.4) is 0 Å². The molecule has 0 saturated heterocycles. The van der Waals surface area contributed by atoms with E-state index >= 15 is 0 Å². The van der Waals surface area contributed by atoms with E-state index in [-0.39, 0.29) is 0 Å². The molecule has 0 saturated carbocycles. The highest BCUT2D eigenvalue weighted by atomic mass is 32.2. The highest BCUT2D eigenvalue weighted by Crippen LogP contribution is 2.09. The van der Waals surface area contributed by atoms with Crippen LogP contribution in [-0.2, 0) is 10.0 Å². The van der Waals surface area contributed by atoms with Gasteiger partial charge in [0, 0.05) is 6.54 Å². The van der Waals surface area contributed by atoms with Crippen LogP contribution < -0.4 is 4.72 Å². The van der Waals surface area contributed by atoms with Gasteiger partial charge in [0.2, 0.25) is 10.0 Å². The van der Waals surface area contributed by atoms with E-state index < -0.39 is 10.0 Å². The van der Waals surface area contributed by atoms with Gasteiger partial charge in [-0.05, 0) is 51.0 Å². The summed E-state index contributed by atoms with van der Waals surface area (Å²) >= 11 is 0. The molecular formula is C14H19NO2S. The largest absolute Gasteiger partial charge is 0.240 e. The van der Waals surface area contributed by atoms with Crippen LogP contribution in [0.2, 0.25) is 0 Å². The van der Waals surface area contributed by atoms with E-state index in [0.717, 1.165) is 11.1 Å². The van der Waals surface area contributed by atoms with Gasteiger partial charge in [-0.15, -0.1) is 5.73 Å². The third kappa shape index (κ3) is 4.88. The summed E-state index contributed by atoms with van der Waals surface area (Å²) in [6.07, 6.45) is 2.48. The minimum atomic E-state index is -3.38. The maximum Gasteiger partial charge on any atom is 0.240 e. The van der Waals surface area contributed by atoms with E-state index in [9.17, 15) is 8.42 Å². The molecule has 0 aliphatic rings. The average Bonchev–Trinajstić information content (AvgIpc) is 2.28. The maximum atomic E-state index is 11.9. The van der Waals surface area contributed by atoms with Crippen molar-refractivity contribution in [1.29, 1.82) is 0 Å². The Kier molecular flexibility index (Phi) is 5.35.